The molecule has 1 atom stereocenters. The van der Waals surface area contributed by atoms with E-state index in [-0.39, 0.29) is 17.7 Å². The van der Waals surface area contributed by atoms with Crippen molar-refractivity contribution in [2.75, 3.05) is 22.6 Å². The lowest BCUT2D eigenvalue weighted by atomic mass is 10.1. The summed E-state index contributed by atoms with van der Waals surface area (Å²) >= 11 is 1.62. The molecule has 0 aliphatic carbocycles. The fourth-order valence-corrected chi connectivity index (χ4v) is 3.96. The summed E-state index contributed by atoms with van der Waals surface area (Å²) in [5.74, 6) is -0.0739. The van der Waals surface area contributed by atoms with Gasteiger partial charge in [-0.2, -0.15) is 11.8 Å². The molecule has 0 radical (unpaired) electrons. The summed E-state index contributed by atoms with van der Waals surface area (Å²) in [6, 6.07) is 11.8. The molecule has 30 heavy (non-hydrogen) atoms. The Morgan fingerprint density at radius 2 is 2.00 bits per heavy atom. The van der Waals surface area contributed by atoms with E-state index >= 15 is 0 Å². The monoisotopic (exact) mass is 422 g/mol. The van der Waals surface area contributed by atoms with Crippen LogP contribution in [0.4, 0.5) is 11.4 Å². The van der Waals surface area contributed by atoms with Gasteiger partial charge >= 0.3 is 0 Å². The van der Waals surface area contributed by atoms with Gasteiger partial charge in [-0.1, -0.05) is 6.07 Å². The highest BCUT2D eigenvalue weighted by molar-refractivity contribution is 7.98. The number of benzene rings is 2. The van der Waals surface area contributed by atoms with Crippen LogP contribution in [-0.2, 0) is 11.8 Å². The standard InChI is InChI=1S/C22H22N4O3S/c1-26-9-7-13-3-4-14(11-19(13)26)20(27)23-15-5-6-17-16(12-15)21(28)25-18(8-10-30-2)22(29)24-17/h3-7,9,11-12,18H,8,10H2,1-2H3,(H,23,27)(H,24,29)(H,25,28)/t18-/m0/s1. The summed E-state index contributed by atoms with van der Waals surface area (Å²) in [7, 11) is 1.93. The molecule has 7 nitrogen and oxygen atoms in total. The molecule has 0 saturated carbocycles. The van der Waals surface area contributed by atoms with Crippen molar-refractivity contribution in [3.63, 3.8) is 0 Å². The maximum atomic E-state index is 12.7. The van der Waals surface area contributed by atoms with E-state index in [1.165, 1.54) is 0 Å². The van der Waals surface area contributed by atoms with Crippen molar-refractivity contribution in [2.45, 2.75) is 12.5 Å². The number of hydrogen-bond donors (Lipinski definition) is 3. The molecule has 2 aromatic carbocycles. The maximum absolute atomic E-state index is 12.7. The minimum Gasteiger partial charge on any atom is -0.351 e. The van der Waals surface area contributed by atoms with Crippen LogP contribution < -0.4 is 16.0 Å². The Kier molecular flexibility index (Phi) is 5.50. The molecule has 0 spiro atoms. The van der Waals surface area contributed by atoms with E-state index < -0.39 is 6.04 Å². The number of fused-ring (bicyclic) bond motifs is 2. The number of amides is 3. The molecule has 3 amide bonds. The van der Waals surface area contributed by atoms with E-state index in [1.807, 2.05) is 42.3 Å². The van der Waals surface area contributed by atoms with Crippen molar-refractivity contribution < 1.29 is 14.4 Å². The van der Waals surface area contributed by atoms with Gasteiger partial charge in [0.15, 0.2) is 0 Å². The molecule has 1 aliphatic rings. The maximum Gasteiger partial charge on any atom is 0.255 e. The van der Waals surface area contributed by atoms with Crippen LogP contribution in [0.1, 0.15) is 27.1 Å². The summed E-state index contributed by atoms with van der Waals surface area (Å²) in [6.07, 6.45) is 4.45. The van der Waals surface area contributed by atoms with Crippen LogP contribution in [0.3, 0.4) is 0 Å². The highest BCUT2D eigenvalue weighted by atomic mass is 32.2. The third-order valence-electron chi connectivity index (χ3n) is 5.16. The predicted octanol–water partition coefficient (Wildman–Crippen LogP) is 3.23. The number of rotatable bonds is 5. The second kappa shape index (κ2) is 8.23. The van der Waals surface area contributed by atoms with Gasteiger partial charge in [0.05, 0.1) is 11.3 Å². The van der Waals surface area contributed by atoms with Crippen molar-refractivity contribution in [3.8, 4) is 0 Å². The zero-order valence-electron chi connectivity index (χ0n) is 16.7. The van der Waals surface area contributed by atoms with E-state index in [0.717, 1.165) is 16.7 Å². The average molecular weight is 423 g/mol. The number of anilines is 2. The Morgan fingerprint density at radius 1 is 1.17 bits per heavy atom. The summed E-state index contributed by atoms with van der Waals surface area (Å²) < 4.78 is 1.95. The lowest BCUT2D eigenvalue weighted by Gasteiger charge is -2.13. The van der Waals surface area contributed by atoms with Gasteiger partial charge in [-0.25, -0.2) is 0 Å². The van der Waals surface area contributed by atoms with Crippen molar-refractivity contribution in [1.82, 2.24) is 9.88 Å². The Morgan fingerprint density at radius 3 is 2.80 bits per heavy atom. The SMILES string of the molecule is CSCC[C@@H]1NC(=O)c2cc(NC(=O)c3ccc4ccn(C)c4c3)ccc2NC1=O. The van der Waals surface area contributed by atoms with Gasteiger partial charge < -0.3 is 20.5 Å². The van der Waals surface area contributed by atoms with Gasteiger partial charge in [0.2, 0.25) is 5.91 Å². The van der Waals surface area contributed by atoms with Crippen molar-refractivity contribution >= 4 is 51.8 Å². The zero-order chi connectivity index (χ0) is 21.3. The van der Waals surface area contributed by atoms with Gasteiger partial charge in [0, 0.05) is 30.0 Å². The third-order valence-corrected chi connectivity index (χ3v) is 5.81. The minimum atomic E-state index is -0.576. The molecule has 3 aromatic rings. The first kappa shape index (κ1) is 20.0. The molecule has 0 saturated heterocycles. The number of nitrogens with one attached hydrogen (secondary N) is 3. The molecule has 154 valence electrons. The summed E-state index contributed by atoms with van der Waals surface area (Å²) in [5.41, 5.74) is 2.73. The second-order valence-corrected chi connectivity index (χ2v) is 8.20. The molecule has 0 bridgehead atoms. The number of carbonyl (C=O) groups is 3. The van der Waals surface area contributed by atoms with Crippen molar-refractivity contribution in [2.24, 2.45) is 7.05 Å². The molecule has 1 aliphatic heterocycles. The normalized spacial score (nSPS) is 15.9. The molecule has 2 heterocycles. The Labute approximate surface area is 178 Å². The van der Waals surface area contributed by atoms with Crippen molar-refractivity contribution in [3.05, 3.63) is 59.8 Å². The third kappa shape index (κ3) is 3.91. The van der Waals surface area contributed by atoms with Gasteiger partial charge in [0.1, 0.15) is 6.04 Å². The molecular weight excluding hydrogens is 400 g/mol. The largest absolute Gasteiger partial charge is 0.351 e. The van der Waals surface area contributed by atoms with Crippen LogP contribution in [-0.4, -0.2) is 40.3 Å². The van der Waals surface area contributed by atoms with Crippen LogP contribution in [0.25, 0.3) is 10.9 Å². The number of carbonyl (C=O) groups excluding carboxylic acids is 3. The second-order valence-electron chi connectivity index (χ2n) is 7.21. The topological polar surface area (TPSA) is 92.2 Å². The van der Waals surface area contributed by atoms with Crippen LogP contribution in [0, 0.1) is 0 Å². The quantitative estimate of drug-likeness (QED) is 0.589. The van der Waals surface area contributed by atoms with Crippen LogP contribution >= 0.6 is 11.8 Å². The first-order valence-corrected chi connectivity index (χ1v) is 11.0. The Balaban J connectivity index is 1.55. The molecule has 0 fully saturated rings. The highest BCUT2D eigenvalue weighted by Gasteiger charge is 2.27. The fourth-order valence-electron chi connectivity index (χ4n) is 3.49. The van der Waals surface area contributed by atoms with Crippen LogP contribution in [0.15, 0.2) is 48.7 Å². The van der Waals surface area contributed by atoms with Gasteiger partial charge in [-0.05, 0) is 60.2 Å². The molecule has 0 unspecified atom stereocenters. The van der Waals surface area contributed by atoms with Crippen LogP contribution in [0.2, 0.25) is 0 Å². The van der Waals surface area contributed by atoms with E-state index in [4.69, 9.17) is 0 Å². The van der Waals surface area contributed by atoms with E-state index in [9.17, 15) is 14.4 Å². The number of thioether (sulfide) groups is 1. The number of nitrogens with zero attached hydrogens (tertiary/aromatic N) is 1. The van der Waals surface area contributed by atoms with Crippen molar-refractivity contribution in [1.29, 1.82) is 0 Å². The fraction of sp³-hybridized carbons (Fsp3) is 0.227. The zero-order valence-corrected chi connectivity index (χ0v) is 17.5. The van der Waals surface area contributed by atoms with Gasteiger partial charge in [0.25, 0.3) is 11.8 Å². The Bertz CT molecular complexity index is 1150. The Hall–Kier alpha value is -3.26. The van der Waals surface area contributed by atoms with Gasteiger partial charge in [-0.15, -0.1) is 0 Å². The van der Waals surface area contributed by atoms with E-state index in [1.54, 1.807) is 36.0 Å². The minimum absolute atomic E-state index is 0.233. The lowest BCUT2D eigenvalue weighted by molar-refractivity contribution is -0.117. The number of aromatic nitrogens is 1. The van der Waals surface area contributed by atoms with Gasteiger partial charge in [-0.3, -0.25) is 14.4 Å². The number of aryl methyl sites for hydroxylation is 1. The van der Waals surface area contributed by atoms with Crippen LogP contribution in [0.5, 0.6) is 0 Å². The summed E-state index contributed by atoms with van der Waals surface area (Å²) in [5, 5.41) is 9.47. The number of hydrogen-bond acceptors (Lipinski definition) is 4. The average Bonchev–Trinajstić information content (AvgIpc) is 3.06. The molecule has 1 aromatic heterocycles. The molecule has 4 rings (SSSR count). The molecular formula is C22H22N4O3S. The lowest BCUT2D eigenvalue weighted by Crippen LogP contribution is -2.41. The first-order chi connectivity index (χ1) is 14.5. The summed E-state index contributed by atoms with van der Waals surface area (Å²) in [6.45, 7) is 0. The smallest absolute Gasteiger partial charge is 0.255 e. The first-order valence-electron chi connectivity index (χ1n) is 9.57. The summed E-state index contributed by atoms with van der Waals surface area (Å²) in [4.78, 5) is 37.8. The molecule has 8 heteroatoms. The highest BCUT2D eigenvalue weighted by Crippen LogP contribution is 2.25. The van der Waals surface area contributed by atoms with E-state index in [0.29, 0.717) is 28.9 Å². The van der Waals surface area contributed by atoms with E-state index in [2.05, 4.69) is 16.0 Å². The molecule has 3 N–H and O–H groups in total. The predicted molar refractivity (Wildman–Crippen MR) is 120 cm³/mol.